The normalized spacial score (nSPS) is 10.5. The van der Waals surface area contributed by atoms with Crippen LogP contribution in [0.4, 0.5) is 5.69 Å². The van der Waals surface area contributed by atoms with E-state index in [-0.39, 0.29) is 5.91 Å². The molecule has 0 fully saturated rings. The molecule has 0 aliphatic heterocycles. The lowest BCUT2D eigenvalue weighted by atomic mass is 10.2. The molecule has 0 aromatic heterocycles. The zero-order chi connectivity index (χ0) is 17.4. The van der Waals surface area contributed by atoms with Crippen LogP contribution in [0.2, 0.25) is 0 Å². The standard InChI is InChI=1S/C20H24BrNO2/c1-3-4-5-6-13-24-17-10-8-16(9-11-17)20(23)22-19-12-7-15(2)14-18(19)21/h7-12,14H,3-6,13H2,1-2H3,(H,22,23). The number of hydrogen-bond donors (Lipinski definition) is 1. The van der Waals surface area contributed by atoms with Gasteiger partial charge in [-0.25, -0.2) is 0 Å². The Morgan fingerprint density at radius 3 is 2.50 bits per heavy atom. The Labute approximate surface area is 152 Å². The van der Waals surface area contributed by atoms with Crippen LogP contribution in [-0.2, 0) is 0 Å². The van der Waals surface area contributed by atoms with Crippen molar-refractivity contribution in [1.82, 2.24) is 0 Å². The van der Waals surface area contributed by atoms with E-state index in [4.69, 9.17) is 4.74 Å². The molecule has 2 rings (SSSR count). The van der Waals surface area contributed by atoms with Gasteiger partial charge in [-0.2, -0.15) is 0 Å². The number of hydrogen-bond acceptors (Lipinski definition) is 2. The fourth-order valence-electron chi connectivity index (χ4n) is 2.34. The second kappa shape index (κ2) is 9.48. The van der Waals surface area contributed by atoms with Gasteiger partial charge >= 0.3 is 0 Å². The van der Waals surface area contributed by atoms with Crippen molar-refractivity contribution in [3.63, 3.8) is 0 Å². The molecule has 0 saturated carbocycles. The maximum absolute atomic E-state index is 12.3. The van der Waals surface area contributed by atoms with Crippen molar-refractivity contribution in [2.75, 3.05) is 11.9 Å². The van der Waals surface area contributed by atoms with E-state index in [9.17, 15) is 4.79 Å². The Balaban J connectivity index is 1.89. The predicted octanol–water partition coefficient (Wildman–Crippen LogP) is 5.97. The van der Waals surface area contributed by atoms with Crippen molar-refractivity contribution in [1.29, 1.82) is 0 Å². The third-order valence-electron chi connectivity index (χ3n) is 3.76. The SMILES string of the molecule is CCCCCCOc1ccc(C(=O)Nc2ccc(C)cc2Br)cc1. The van der Waals surface area contributed by atoms with Crippen molar-refractivity contribution in [3.8, 4) is 5.75 Å². The Bertz CT molecular complexity index is 668. The van der Waals surface area contributed by atoms with Gasteiger partial charge in [-0.3, -0.25) is 4.79 Å². The minimum absolute atomic E-state index is 0.131. The zero-order valence-corrected chi connectivity index (χ0v) is 15.9. The number of amides is 1. The average molecular weight is 390 g/mol. The minimum Gasteiger partial charge on any atom is -0.494 e. The van der Waals surface area contributed by atoms with Crippen molar-refractivity contribution >= 4 is 27.5 Å². The van der Waals surface area contributed by atoms with Gasteiger partial charge in [0.2, 0.25) is 0 Å². The van der Waals surface area contributed by atoms with Gasteiger partial charge in [0.05, 0.1) is 12.3 Å². The number of unbranched alkanes of at least 4 members (excludes halogenated alkanes) is 3. The van der Waals surface area contributed by atoms with Crippen molar-refractivity contribution < 1.29 is 9.53 Å². The van der Waals surface area contributed by atoms with Crippen molar-refractivity contribution in [3.05, 3.63) is 58.1 Å². The summed E-state index contributed by atoms with van der Waals surface area (Å²) in [6, 6.07) is 13.1. The first-order valence-electron chi connectivity index (χ1n) is 8.40. The lowest BCUT2D eigenvalue weighted by Crippen LogP contribution is -2.12. The van der Waals surface area contributed by atoms with E-state index in [1.54, 1.807) is 12.1 Å². The van der Waals surface area contributed by atoms with Gasteiger partial charge in [-0.05, 0) is 71.2 Å². The molecule has 2 aromatic rings. The molecule has 0 saturated heterocycles. The van der Waals surface area contributed by atoms with E-state index < -0.39 is 0 Å². The van der Waals surface area contributed by atoms with E-state index in [1.165, 1.54) is 19.3 Å². The van der Waals surface area contributed by atoms with Gasteiger partial charge in [-0.1, -0.05) is 32.3 Å². The number of anilines is 1. The average Bonchev–Trinajstić information content (AvgIpc) is 2.57. The van der Waals surface area contributed by atoms with Crippen LogP contribution in [0.5, 0.6) is 5.75 Å². The number of rotatable bonds is 8. The smallest absolute Gasteiger partial charge is 0.255 e. The maximum atomic E-state index is 12.3. The number of halogens is 1. The van der Waals surface area contributed by atoms with Crippen LogP contribution >= 0.6 is 15.9 Å². The molecule has 4 heteroatoms. The third-order valence-corrected chi connectivity index (χ3v) is 4.41. The fraction of sp³-hybridized carbons (Fsp3) is 0.350. The summed E-state index contributed by atoms with van der Waals surface area (Å²) in [6.45, 7) is 4.93. The van der Waals surface area contributed by atoms with Crippen LogP contribution in [0.3, 0.4) is 0 Å². The molecule has 0 bridgehead atoms. The van der Waals surface area contributed by atoms with E-state index in [2.05, 4.69) is 28.2 Å². The molecule has 1 amide bonds. The lowest BCUT2D eigenvalue weighted by Gasteiger charge is -2.09. The van der Waals surface area contributed by atoms with Crippen LogP contribution in [0, 0.1) is 6.92 Å². The molecule has 3 nitrogen and oxygen atoms in total. The topological polar surface area (TPSA) is 38.3 Å². The molecule has 1 N–H and O–H groups in total. The highest BCUT2D eigenvalue weighted by Gasteiger charge is 2.08. The number of benzene rings is 2. The molecule has 0 heterocycles. The largest absolute Gasteiger partial charge is 0.494 e. The molecule has 0 spiro atoms. The van der Waals surface area contributed by atoms with Crippen LogP contribution in [-0.4, -0.2) is 12.5 Å². The van der Waals surface area contributed by atoms with E-state index >= 15 is 0 Å². The Kier molecular flexibility index (Phi) is 7.32. The molecular weight excluding hydrogens is 366 g/mol. The second-order valence-corrected chi connectivity index (χ2v) is 6.73. The number of carbonyl (C=O) groups excluding carboxylic acids is 1. The Morgan fingerprint density at radius 2 is 1.83 bits per heavy atom. The summed E-state index contributed by atoms with van der Waals surface area (Å²) in [5.41, 5.74) is 2.52. The lowest BCUT2D eigenvalue weighted by molar-refractivity contribution is 0.102. The zero-order valence-electron chi connectivity index (χ0n) is 14.3. The highest BCUT2D eigenvalue weighted by atomic mass is 79.9. The Hall–Kier alpha value is -1.81. The first-order chi connectivity index (χ1) is 11.6. The molecular formula is C20H24BrNO2. The molecule has 24 heavy (non-hydrogen) atoms. The fourth-order valence-corrected chi connectivity index (χ4v) is 2.93. The molecule has 0 aliphatic rings. The van der Waals surface area contributed by atoms with Crippen molar-refractivity contribution in [2.24, 2.45) is 0 Å². The van der Waals surface area contributed by atoms with Crippen LogP contribution in [0.15, 0.2) is 46.9 Å². The van der Waals surface area contributed by atoms with Crippen LogP contribution < -0.4 is 10.1 Å². The quantitative estimate of drug-likeness (QED) is 0.564. The van der Waals surface area contributed by atoms with E-state index in [0.717, 1.165) is 34.5 Å². The summed E-state index contributed by atoms with van der Waals surface area (Å²) in [5, 5.41) is 2.91. The number of aryl methyl sites for hydroxylation is 1. The van der Waals surface area contributed by atoms with Gasteiger partial charge < -0.3 is 10.1 Å². The van der Waals surface area contributed by atoms with Gasteiger partial charge in [0.15, 0.2) is 0 Å². The highest BCUT2D eigenvalue weighted by molar-refractivity contribution is 9.10. The number of nitrogens with one attached hydrogen (secondary N) is 1. The number of carbonyl (C=O) groups is 1. The second-order valence-electron chi connectivity index (χ2n) is 5.87. The first-order valence-corrected chi connectivity index (χ1v) is 9.20. The van der Waals surface area contributed by atoms with Crippen LogP contribution in [0.25, 0.3) is 0 Å². The summed E-state index contributed by atoms with van der Waals surface area (Å²) in [6.07, 6.45) is 4.73. The summed E-state index contributed by atoms with van der Waals surface area (Å²) in [4.78, 5) is 12.3. The summed E-state index contributed by atoms with van der Waals surface area (Å²) >= 11 is 3.47. The summed E-state index contributed by atoms with van der Waals surface area (Å²) in [5.74, 6) is 0.675. The van der Waals surface area contributed by atoms with E-state index in [1.807, 2.05) is 37.3 Å². The van der Waals surface area contributed by atoms with Gasteiger partial charge in [-0.15, -0.1) is 0 Å². The van der Waals surface area contributed by atoms with Gasteiger partial charge in [0.1, 0.15) is 5.75 Å². The maximum Gasteiger partial charge on any atom is 0.255 e. The van der Waals surface area contributed by atoms with Gasteiger partial charge in [0, 0.05) is 10.0 Å². The summed E-state index contributed by atoms with van der Waals surface area (Å²) in [7, 11) is 0. The molecule has 0 aliphatic carbocycles. The monoisotopic (exact) mass is 389 g/mol. The molecule has 0 atom stereocenters. The first kappa shape index (κ1) is 18.5. The molecule has 2 aromatic carbocycles. The van der Waals surface area contributed by atoms with Crippen molar-refractivity contribution in [2.45, 2.75) is 39.5 Å². The molecule has 0 radical (unpaired) electrons. The Morgan fingerprint density at radius 1 is 1.08 bits per heavy atom. The predicted molar refractivity (Wildman–Crippen MR) is 103 cm³/mol. The highest BCUT2D eigenvalue weighted by Crippen LogP contribution is 2.24. The third kappa shape index (κ3) is 5.68. The van der Waals surface area contributed by atoms with Crippen LogP contribution in [0.1, 0.15) is 48.5 Å². The van der Waals surface area contributed by atoms with E-state index in [0.29, 0.717) is 5.56 Å². The molecule has 128 valence electrons. The number of ether oxygens (including phenoxy) is 1. The summed E-state index contributed by atoms with van der Waals surface area (Å²) < 4.78 is 6.58. The van der Waals surface area contributed by atoms with Gasteiger partial charge in [0.25, 0.3) is 5.91 Å². The minimum atomic E-state index is -0.131. The molecule has 0 unspecified atom stereocenters.